The van der Waals surface area contributed by atoms with Crippen molar-refractivity contribution >= 4 is 31.8 Å². The number of hydrogen-bond acceptors (Lipinski definition) is 5. The number of nitrogens with two attached hydrogens (primary N) is 1. The van der Waals surface area contributed by atoms with Gasteiger partial charge in [-0.2, -0.15) is 0 Å². The average Bonchev–Trinajstić information content (AvgIpc) is 2.01. The average molecular weight is 281 g/mol. The Morgan fingerprint density at radius 1 is 1.50 bits per heavy atom. The predicted octanol–water partition coefficient (Wildman–Crippen LogP) is -0.0605. The number of hydrogen-bond donors (Lipinski definition) is 2. The molecule has 3 N–H and O–H groups in total. The van der Waals surface area contributed by atoms with Crippen LogP contribution in [0.3, 0.4) is 0 Å². The Morgan fingerprint density at radius 2 is 2.21 bits per heavy atom. The molecule has 14 heavy (non-hydrogen) atoms. The summed E-state index contributed by atoms with van der Waals surface area (Å²) in [5.41, 5.74) is 0. The summed E-state index contributed by atoms with van der Waals surface area (Å²) in [5.74, 6) is 0.421. The molecular weight excluding hydrogens is 272 g/mol. The summed E-state index contributed by atoms with van der Waals surface area (Å²) in [6.45, 7) is 0.224. The van der Waals surface area contributed by atoms with E-state index in [1.165, 1.54) is 6.33 Å². The highest BCUT2D eigenvalue weighted by atomic mass is 79.9. The normalized spacial score (nSPS) is 11.3. The van der Waals surface area contributed by atoms with Crippen molar-refractivity contribution < 1.29 is 8.42 Å². The molecule has 1 rings (SSSR count). The van der Waals surface area contributed by atoms with E-state index in [2.05, 4.69) is 31.2 Å². The van der Waals surface area contributed by atoms with Gasteiger partial charge < -0.3 is 5.32 Å². The monoisotopic (exact) mass is 280 g/mol. The first-order valence-corrected chi connectivity index (χ1v) is 6.20. The Balaban J connectivity index is 2.47. The van der Waals surface area contributed by atoms with Crippen molar-refractivity contribution in [2.45, 2.75) is 0 Å². The van der Waals surface area contributed by atoms with E-state index in [0.29, 0.717) is 10.4 Å². The van der Waals surface area contributed by atoms with Gasteiger partial charge in [0.15, 0.2) is 0 Å². The van der Waals surface area contributed by atoms with Crippen LogP contribution in [-0.2, 0) is 10.0 Å². The lowest BCUT2D eigenvalue weighted by Gasteiger charge is -2.03. The van der Waals surface area contributed by atoms with Crippen molar-refractivity contribution in [2.24, 2.45) is 5.14 Å². The summed E-state index contributed by atoms with van der Waals surface area (Å²) in [6.07, 6.45) is 1.36. The van der Waals surface area contributed by atoms with Crippen molar-refractivity contribution in [3.05, 3.63) is 17.0 Å². The van der Waals surface area contributed by atoms with Gasteiger partial charge in [0.05, 0.1) is 5.75 Å². The minimum absolute atomic E-state index is 0.130. The van der Waals surface area contributed by atoms with Gasteiger partial charge in [0, 0.05) is 12.6 Å². The lowest BCUT2D eigenvalue weighted by Crippen LogP contribution is -2.22. The van der Waals surface area contributed by atoms with Crippen LogP contribution in [0.4, 0.5) is 5.82 Å². The van der Waals surface area contributed by atoms with Crippen molar-refractivity contribution in [3.63, 3.8) is 0 Å². The van der Waals surface area contributed by atoms with Gasteiger partial charge in [-0.15, -0.1) is 0 Å². The Labute approximate surface area is 90.1 Å². The Bertz CT molecular complexity index is 408. The maximum Gasteiger partial charge on any atom is 0.210 e. The Hall–Kier alpha value is -0.730. The number of primary sulfonamides is 1. The van der Waals surface area contributed by atoms with Crippen LogP contribution in [0.5, 0.6) is 0 Å². The molecule has 1 aromatic heterocycles. The number of nitrogens with one attached hydrogen (secondary N) is 1. The van der Waals surface area contributed by atoms with E-state index < -0.39 is 10.0 Å². The number of rotatable bonds is 4. The largest absolute Gasteiger partial charge is 0.369 e. The highest BCUT2D eigenvalue weighted by Gasteiger charge is 2.02. The molecule has 6 nitrogen and oxygen atoms in total. The van der Waals surface area contributed by atoms with Gasteiger partial charge in [-0.3, -0.25) is 0 Å². The van der Waals surface area contributed by atoms with Crippen molar-refractivity contribution in [1.29, 1.82) is 0 Å². The molecule has 78 valence electrons. The second-order valence-corrected chi connectivity index (χ2v) is 5.07. The lowest BCUT2D eigenvalue weighted by atomic mass is 10.5. The van der Waals surface area contributed by atoms with Crippen LogP contribution in [0, 0.1) is 0 Å². The third-order valence-corrected chi connectivity index (χ3v) is 2.53. The second kappa shape index (κ2) is 4.67. The smallest absolute Gasteiger partial charge is 0.210 e. The summed E-state index contributed by atoms with van der Waals surface area (Å²) in [6, 6.07) is 1.64. The molecule has 0 bridgehead atoms. The van der Waals surface area contributed by atoms with Crippen LogP contribution in [0.2, 0.25) is 0 Å². The quantitative estimate of drug-likeness (QED) is 0.753. The minimum atomic E-state index is -3.42. The number of sulfonamides is 1. The first-order chi connectivity index (χ1) is 6.47. The topological polar surface area (TPSA) is 98.0 Å². The van der Waals surface area contributed by atoms with Crippen LogP contribution in [0.25, 0.3) is 0 Å². The zero-order chi connectivity index (χ0) is 10.6. The van der Waals surface area contributed by atoms with E-state index >= 15 is 0 Å². The molecule has 0 unspecified atom stereocenters. The van der Waals surface area contributed by atoms with Crippen LogP contribution in [0.15, 0.2) is 17.0 Å². The molecule has 0 spiro atoms. The summed E-state index contributed by atoms with van der Waals surface area (Å²) >= 11 is 3.16. The molecular formula is C6H9BrN4O2S. The molecule has 0 aliphatic heterocycles. The van der Waals surface area contributed by atoms with Gasteiger partial charge in [0.1, 0.15) is 16.7 Å². The Morgan fingerprint density at radius 3 is 2.79 bits per heavy atom. The van der Waals surface area contributed by atoms with Gasteiger partial charge in [-0.05, 0) is 15.9 Å². The van der Waals surface area contributed by atoms with Gasteiger partial charge in [-0.25, -0.2) is 23.5 Å². The maximum atomic E-state index is 10.6. The third-order valence-electron chi connectivity index (χ3n) is 1.33. The third kappa shape index (κ3) is 4.49. The van der Waals surface area contributed by atoms with E-state index in [0.717, 1.165) is 0 Å². The molecule has 0 aromatic carbocycles. The van der Waals surface area contributed by atoms with Gasteiger partial charge in [0.25, 0.3) is 0 Å². The molecule has 0 radical (unpaired) electrons. The molecule has 0 atom stereocenters. The summed E-state index contributed by atoms with van der Waals surface area (Å²) in [4.78, 5) is 7.69. The first-order valence-electron chi connectivity index (χ1n) is 3.69. The molecule has 1 heterocycles. The SMILES string of the molecule is NS(=O)(=O)CCNc1cc(Br)ncn1. The second-order valence-electron chi connectivity index (χ2n) is 2.52. The number of aromatic nitrogens is 2. The molecule has 0 aliphatic carbocycles. The number of anilines is 1. The molecule has 0 amide bonds. The molecule has 0 aliphatic rings. The fourth-order valence-corrected chi connectivity index (χ4v) is 1.45. The Kier molecular flexibility index (Phi) is 3.78. The van der Waals surface area contributed by atoms with Crippen molar-refractivity contribution in [2.75, 3.05) is 17.6 Å². The van der Waals surface area contributed by atoms with E-state index in [9.17, 15) is 8.42 Å². The van der Waals surface area contributed by atoms with Crippen LogP contribution in [-0.4, -0.2) is 30.7 Å². The number of nitrogens with zero attached hydrogens (tertiary/aromatic N) is 2. The molecule has 8 heteroatoms. The zero-order valence-electron chi connectivity index (χ0n) is 7.14. The van der Waals surface area contributed by atoms with Crippen molar-refractivity contribution in [3.8, 4) is 0 Å². The maximum absolute atomic E-state index is 10.6. The van der Waals surface area contributed by atoms with Gasteiger partial charge in [0.2, 0.25) is 10.0 Å². The lowest BCUT2D eigenvalue weighted by molar-refractivity contribution is 0.598. The standard InChI is InChI=1S/C6H9BrN4O2S/c7-5-3-6(11-4-10-5)9-1-2-14(8,12)13/h3-4H,1-2H2,(H2,8,12,13)(H,9,10,11). The zero-order valence-corrected chi connectivity index (χ0v) is 9.55. The van der Waals surface area contributed by atoms with Crippen LogP contribution in [0.1, 0.15) is 0 Å². The van der Waals surface area contributed by atoms with Gasteiger partial charge >= 0.3 is 0 Å². The van der Waals surface area contributed by atoms with E-state index in [1.54, 1.807) is 6.07 Å². The fraction of sp³-hybridized carbons (Fsp3) is 0.333. The molecule has 0 saturated carbocycles. The van der Waals surface area contributed by atoms with Crippen molar-refractivity contribution in [1.82, 2.24) is 9.97 Å². The van der Waals surface area contributed by atoms with E-state index in [1.807, 2.05) is 0 Å². The van der Waals surface area contributed by atoms with E-state index in [-0.39, 0.29) is 12.3 Å². The van der Waals surface area contributed by atoms with Crippen LogP contribution < -0.4 is 10.5 Å². The molecule has 0 saturated heterocycles. The highest BCUT2D eigenvalue weighted by molar-refractivity contribution is 9.10. The minimum Gasteiger partial charge on any atom is -0.369 e. The molecule has 1 aromatic rings. The number of halogens is 1. The highest BCUT2D eigenvalue weighted by Crippen LogP contribution is 2.08. The van der Waals surface area contributed by atoms with Gasteiger partial charge in [-0.1, -0.05) is 0 Å². The summed E-state index contributed by atoms with van der Waals surface area (Å²) in [7, 11) is -3.42. The van der Waals surface area contributed by atoms with E-state index in [4.69, 9.17) is 5.14 Å². The first kappa shape index (κ1) is 11.3. The predicted molar refractivity (Wildman–Crippen MR) is 56.2 cm³/mol. The fourth-order valence-electron chi connectivity index (χ4n) is 0.752. The summed E-state index contributed by atoms with van der Waals surface area (Å²) < 4.78 is 21.8. The molecule has 0 fully saturated rings. The van der Waals surface area contributed by atoms with Crippen LogP contribution >= 0.6 is 15.9 Å². The summed E-state index contributed by atoms with van der Waals surface area (Å²) in [5, 5.41) is 7.62.